The molecule has 2 saturated heterocycles. The highest BCUT2D eigenvalue weighted by atomic mass is 16.5. The van der Waals surface area contributed by atoms with Gasteiger partial charge in [-0.25, -0.2) is 9.97 Å². The number of amides is 2. The summed E-state index contributed by atoms with van der Waals surface area (Å²) in [5.74, 6) is 0.925. The lowest BCUT2D eigenvalue weighted by Gasteiger charge is -2.38. The van der Waals surface area contributed by atoms with Crippen LogP contribution in [0.4, 0.5) is 11.6 Å². The zero-order chi connectivity index (χ0) is 27.4. The summed E-state index contributed by atoms with van der Waals surface area (Å²) in [6.45, 7) is 7.87. The van der Waals surface area contributed by atoms with E-state index in [2.05, 4.69) is 26.3 Å². The molecular weight excluding hydrogens is 494 g/mol. The first kappa shape index (κ1) is 26.8. The van der Waals surface area contributed by atoms with E-state index in [0.717, 1.165) is 59.7 Å². The summed E-state index contributed by atoms with van der Waals surface area (Å²) >= 11 is 0. The van der Waals surface area contributed by atoms with Gasteiger partial charge in [-0.15, -0.1) is 0 Å². The van der Waals surface area contributed by atoms with Crippen molar-refractivity contribution in [3.05, 3.63) is 42.9 Å². The van der Waals surface area contributed by atoms with Crippen LogP contribution in [0.15, 0.2) is 42.9 Å². The van der Waals surface area contributed by atoms with Gasteiger partial charge in [-0.1, -0.05) is 13.8 Å². The minimum atomic E-state index is -0.441. The van der Waals surface area contributed by atoms with Crippen LogP contribution in [0.3, 0.4) is 0 Å². The molecule has 0 spiro atoms. The van der Waals surface area contributed by atoms with Crippen LogP contribution in [0.1, 0.15) is 33.1 Å². The molecule has 3 N–H and O–H groups in total. The van der Waals surface area contributed by atoms with E-state index in [-0.39, 0.29) is 18.2 Å². The Morgan fingerprint density at radius 3 is 2.59 bits per heavy atom. The van der Waals surface area contributed by atoms with Gasteiger partial charge in [0.2, 0.25) is 11.8 Å². The summed E-state index contributed by atoms with van der Waals surface area (Å²) in [7, 11) is 0. The predicted octanol–water partition coefficient (Wildman–Crippen LogP) is 3.08. The zero-order valence-corrected chi connectivity index (χ0v) is 22.7. The third-order valence-corrected chi connectivity index (χ3v) is 7.67. The Hall–Kier alpha value is -3.79. The molecule has 0 aromatic carbocycles. The fraction of sp³-hybridized carbons (Fsp3) is 0.483. The second kappa shape index (κ2) is 11.9. The maximum absolute atomic E-state index is 13.2. The molecule has 0 radical (unpaired) electrons. The monoisotopic (exact) mass is 531 g/mol. The van der Waals surface area contributed by atoms with Gasteiger partial charge in [-0.3, -0.25) is 14.6 Å². The lowest BCUT2D eigenvalue weighted by molar-refractivity contribution is -0.139. The van der Waals surface area contributed by atoms with Gasteiger partial charge in [0.05, 0.1) is 5.69 Å². The number of hydrogen-bond donors (Lipinski definition) is 2. The van der Waals surface area contributed by atoms with Crippen LogP contribution in [0.25, 0.3) is 22.0 Å². The normalized spacial score (nSPS) is 17.4. The van der Waals surface area contributed by atoms with Crippen LogP contribution in [0, 0.1) is 11.8 Å². The number of nitrogens with zero attached hydrogens (tertiary/aromatic N) is 5. The average Bonchev–Trinajstić information content (AvgIpc) is 2.95. The van der Waals surface area contributed by atoms with Crippen LogP contribution >= 0.6 is 0 Å². The van der Waals surface area contributed by atoms with Gasteiger partial charge in [0.25, 0.3) is 0 Å². The molecule has 10 nitrogen and oxygen atoms in total. The fourth-order valence-corrected chi connectivity index (χ4v) is 5.39. The van der Waals surface area contributed by atoms with Crippen molar-refractivity contribution in [2.75, 3.05) is 49.6 Å². The third-order valence-electron chi connectivity index (χ3n) is 7.67. The van der Waals surface area contributed by atoms with Crippen LogP contribution in [-0.2, 0) is 14.3 Å². The number of hydrogen-bond acceptors (Lipinski definition) is 8. The molecule has 5 rings (SSSR count). The third kappa shape index (κ3) is 6.27. The molecule has 1 unspecified atom stereocenters. The van der Waals surface area contributed by atoms with Crippen LogP contribution in [0.2, 0.25) is 0 Å². The first-order valence-corrected chi connectivity index (χ1v) is 13.8. The Morgan fingerprint density at radius 1 is 1.10 bits per heavy atom. The Kier molecular flexibility index (Phi) is 8.21. The van der Waals surface area contributed by atoms with Crippen molar-refractivity contribution < 1.29 is 14.3 Å². The first-order valence-electron chi connectivity index (χ1n) is 13.8. The number of primary amides is 1. The Balaban J connectivity index is 1.37. The topological polar surface area (TPSA) is 127 Å². The number of pyridine rings is 3. The SMILES string of the molecule is CC(C)C(CC(N)=O)C(=O)N1CCN(c2nc(-c3ccnc(NC4CCOCC4)c3)cc3cnccc23)CC1. The lowest BCUT2D eigenvalue weighted by Crippen LogP contribution is -2.51. The number of piperazine rings is 1. The van der Waals surface area contributed by atoms with Crippen LogP contribution < -0.4 is 16.0 Å². The summed E-state index contributed by atoms with van der Waals surface area (Å²) in [6, 6.07) is 8.43. The van der Waals surface area contributed by atoms with E-state index in [1.54, 1.807) is 6.20 Å². The van der Waals surface area contributed by atoms with E-state index in [9.17, 15) is 9.59 Å². The molecule has 39 heavy (non-hydrogen) atoms. The minimum absolute atomic E-state index is 0.000520. The minimum Gasteiger partial charge on any atom is -0.381 e. The maximum atomic E-state index is 13.2. The van der Waals surface area contributed by atoms with E-state index in [4.69, 9.17) is 15.5 Å². The molecule has 3 aromatic heterocycles. The molecular formula is C29H37N7O3. The van der Waals surface area contributed by atoms with Gasteiger partial charge in [-0.2, -0.15) is 0 Å². The highest BCUT2D eigenvalue weighted by molar-refractivity contribution is 5.94. The van der Waals surface area contributed by atoms with Crippen molar-refractivity contribution in [2.45, 2.75) is 39.2 Å². The predicted molar refractivity (Wildman–Crippen MR) is 151 cm³/mol. The molecule has 206 valence electrons. The molecule has 2 amide bonds. The van der Waals surface area contributed by atoms with E-state index in [0.29, 0.717) is 32.2 Å². The quantitative estimate of drug-likeness (QED) is 0.454. The number of aromatic nitrogens is 3. The van der Waals surface area contributed by atoms with E-state index >= 15 is 0 Å². The molecule has 5 heterocycles. The number of carbonyl (C=O) groups excluding carboxylic acids is 2. The number of nitrogens with one attached hydrogen (secondary N) is 1. The Bertz CT molecular complexity index is 1320. The molecule has 3 aromatic rings. The lowest BCUT2D eigenvalue weighted by atomic mass is 9.90. The highest BCUT2D eigenvalue weighted by Gasteiger charge is 2.31. The van der Waals surface area contributed by atoms with Crippen molar-refractivity contribution in [3.63, 3.8) is 0 Å². The molecule has 2 aliphatic rings. The highest BCUT2D eigenvalue weighted by Crippen LogP contribution is 2.31. The summed E-state index contributed by atoms with van der Waals surface area (Å²) in [6.07, 6.45) is 7.47. The summed E-state index contributed by atoms with van der Waals surface area (Å²) < 4.78 is 5.48. The Labute approximate surface area is 229 Å². The van der Waals surface area contributed by atoms with E-state index in [1.807, 2.05) is 49.3 Å². The van der Waals surface area contributed by atoms with E-state index < -0.39 is 11.8 Å². The Morgan fingerprint density at radius 2 is 1.87 bits per heavy atom. The first-order chi connectivity index (χ1) is 18.9. The molecule has 0 aliphatic carbocycles. The standard InChI is InChI=1S/C29H37N7O3/c1-19(2)24(17-26(30)37)29(38)36-11-9-35(10-12-36)28-23-4-7-31-18-21(23)15-25(34-28)20-3-8-32-27(16-20)33-22-5-13-39-14-6-22/h3-4,7-8,15-16,18-19,22,24H,5-6,9-14,17H2,1-2H3,(H2,30,37)(H,32,33). The van der Waals surface area contributed by atoms with Gasteiger partial charge >= 0.3 is 0 Å². The summed E-state index contributed by atoms with van der Waals surface area (Å²) in [5, 5.41) is 5.57. The second-order valence-corrected chi connectivity index (χ2v) is 10.7. The summed E-state index contributed by atoms with van der Waals surface area (Å²) in [5.41, 5.74) is 7.25. The molecule has 2 aliphatic heterocycles. The van der Waals surface area contributed by atoms with E-state index in [1.165, 1.54) is 0 Å². The largest absolute Gasteiger partial charge is 0.381 e. The number of ether oxygens (including phenoxy) is 1. The van der Waals surface area contributed by atoms with Crippen molar-refractivity contribution in [1.29, 1.82) is 0 Å². The van der Waals surface area contributed by atoms with Crippen molar-refractivity contribution in [2.24, 2.45) is 17.6 Å². The van der Waals surface area contributed by atoms with Gasteiger partial charge in [0.1, 0.15) is 11.6 Å². The number of rotatable bonds is 8. The van der Waals surface area contributed by atoms with Gasteiger partial charge in [0.15, 0.2) is 0 Å². The molecule has 0 bridgehead atoms. The molecule has 1 atom stereocenters. The van der Waals surface area contributed by atoms with Crippen molar-refractivity contribution >= 4 is 34.2 Å². The van der Waals surface area contributed by atoms with Crippen LogP contribution in [0.5, 0.6) is 0 Å². The van der Waals surface area contributed by atoms with Gasteiger partial charge in [-0.05, 0) is 43.0 Å². The molecule has 2 fully saturated rings. The average molecular weight is 532 g/mol. The van der Waals surface area contributed by atoms with Gasteiger partial charge in [0, 0.05) is 92.7 Å². The van der Waals surface area contributed by atoms with Crippen molar-refractivity contribution in [1.82, 2.24) is 19.9 Å². The number of carbonyl (C=O) groups is 2. The second-order valence-electron chi connectivity index (χ2n) is 10.7. The number of nitrogens with two attached hydrogens (primary N) is 1. The van der Waals surface area contributed by atoms with Crippen molar-refractivity contribution in [3.8, 4) is 11.3 Å². The maximum Gasteiger partial charge on any atom is 0.226 e. The number of anilines is 2. The number of fused-ring (bicyclic) bond motifs is 1. The zero-order valence-electron chi connectivity index (χ0n) is 22.7. The summed E-state index contributed by atoms with van der Waals surface area (Å²) in [4.78, 5) is 42.8. The van der Waals surface area contributed by atoms with Crippen LogP contribution in [-0.4, -0.2) is 77.1 Å². The smallest absolute Gasteiger partial charge is 0.226 e. The molecule has 0 saturated carbocycles. The molecule has 10 heteroatoms. The van der Waals surface area contributed by atoms with Gasteiger partial charge < -0.3 is 25.6 Å². The fourth-order valence-electron chi connectivity index (χ4n) is 5.39.